The minimum Gasteiger partial charge on any atom is -0.157 e. The Kier molecular flexibility index (Phi) is 6.67. The monoisotopic (exact) mass is 382 g/mol. The molecule has 0 spiro atoms. The molecule has 0 unspecified atom stereocenters. The molecule has 0 fully saturated rings. The molecule has 0 atom stereocenters. The van der Waals surface area contributed by atoms with Crippen molar-refractivity contribution in [2.24, 2.45) is 0 Å². The van der Waals surface area contributed by atoms with E-state index in [0.29, 0.717) is 12.0 Å². The first-order valence-corrected chi connectivity index (χ1v) is 7.99. The Hall–Kier alpha value is 1.37. The molecule has 0 nitrogen and oxygen atoms in total. The lowest BCUT2D eigenvalue weighted by Crippen LogP contribution is -2.13. The van der Waals surface area contributed by atoms with Gasteiger partial charge in [-0.25, -0.2) is 0 Å². The van der Waals surface area contributed by atoms with Gasteiger partial charge in [-0.3, -0.25) is 0 Å². The summed E-state index contributed by atoms with van der Waals surface area (Å²) in [6.07, 6.45) is 2.62. The quantitative estimate of drug-likeness (QED) is 0.234. The molecule has 0 saturated heterocycles. The van der Waals surface area contributed by atoms with E-state index in [9.17, 15) is 0 Å². The average Bonchev–Trinajstić information content (AvgIpc) is 2.31. The zero-order valence-corrected chi connectivity index (χ0v) is 15.0. The summed E-state index contributed by atoms with van der Waals surface area (Å²) in [6, 6.07) is 0. The van der Waals surface area contributed by atoms with Crippen molar-refractivity contribution in [3.05, 3.63) is 30.7 Å². The van der Waals surface area contributed by atoms with Gasteiger partial charge in [0.05, 0.1) is 29.2 Å². The van der Waals surface area contributed by atoms with E-state index < -0.39 is 4.08 Å². The Morgan fingerprint density at radius 2 is 1.22 bits per heavy atom. The molecule has 0 aliphatic carbocycles. The second kappa shape index (κ2) is 6.89. The van der Waals surface area contributed by atoms with Crippen molar-refractivity contribution in [1.29, 1.82) is 0 Å². The van der Waals surface area contributed by atoms with Crippen LogP contribution >= 0.6 is 83.3 Å². The zero-order chi connectivity index (χ0) is 14.1. The molecule has 1 rings (SSSR count). The molecule has 7 heteroatoms. The largest absolute Gasteiger partial charge is 0.157 e. The fraction of sp³-hybridized carbons (Fsp3) is 0.455. The molecule has 0 heterocycles. The van der Waals surface area contributed by atoms with Crippen LogP contribution in [0.15, 0.2) is 0 Å². The van der Waals surface area contributed by atoms with Gasteiger partial charge in [0.25, 0.3) is 0 Å². The van der Waals surface area contributed by atoms with E-state index in [4.69, 9.17) is 58.0 Å². The average molecular weight is 385 g/mol. The van der Waals surface area contributed by atoms with Crippen molar-refractivity contribution in [1.82, 2.24) is 0 Å². The van der Waals surface area contributed by atoms with E-state index in [1.165, 1.54) is 0 Å². The molecule has 0 saturated carbocycles. The standard InChI is InChI=1S/C11H11Cl5S2/c1-2-3-4-11(17,18)5-6(12)8(14)10(16)9(15)7(5)13/h17-18H,2-4H2,1H3. The summed E-state index contributed by atoms with van der Waals surface area (Å²) < 4.78 is -0.804. The number of hydrogen-bond donors (Lipinski definition) is 2. The summed E-state index contributed by atoms with van der Waals surface area (Å²) in [7, 11) is 0. The van der Waals surface area contributed by atoms with E-state index in [1.807, 2.05) is 0 Å². The van der Waals surface area contributed by atoms with Gasteiger partial charge in [-0.05, 0) is 6.42 Å². The maximum Gasteiger partial charge on any atom is 0.0832 e. The van der Waals surface area contributed by atoms with Crippen LogP contribution in [0.25, 0.3) is 0 Å². The molecule has 0 aliphatic rings. The number of hydrogen-bond acceptors (Lipinski definition) is 2. The molecule has 0 aliphatic heterocycles. The lowest BCUT2D eigenvalue weighted by atomic mass is 10.1. The summed E-state index contributed by atoms with van der Waals surface area (Å²) in [5, 5.41) is 0.984. The highest BCUT2D eigenvalue weighted by Crippen LogP contribution is 2.52. The third-order valence-corrected chi connectivity index (χ3v) is 5.66. The van der Waals surface area contributed by atoms with E-state index in [-0.39, 0.29) is 25.1 Å². The zero-order valence-electron chi connectivity index (χ0n) is 9.41. The molecular weight excluding hydrogens is 374 g/mol. The van der Waals surface area contributed by atoms with E-state index in [2.05, 4.69) is 32.2 Å². The normalized spacial score (nSPS) is 12.0. The highest BCUT2D eigenvalue weighted by molar-refractivity contribution is 7.99. The molecule has 0 radical (unpaired) electrons. The van der Waals surface area contributed by atoms with Gasteiger partial charge < -0.3 is 0 Å². The van der Waals surface area contributed by atoms with Crippen LogP contribution in [0, 0.1) is 0 Å². The van der Waals surface area contributed by atoms with Crippen molar-refractivity contribution in [2.45, 2.75) is 30.3 Å². The van der Waals surface area contributed by atoms with Crippen molar-refractivity contribution < 1.29 is 0 Å². The van der Waals surface area contributed by atoms with Gasteiger partial charge in [0.1, 0.15) is 0 Å². The second-order valence-corrected chi connectivity index (χ2v) is 7.63. The number of benzene rings is 1. The molecule has 1 aromatic carbocycles. The van der Waals surface area contributed by atoms with Gasteiger partial charge in [-0.1, -0.05) is 77.8 Å². The molecule has 0 aromatic heterocycles. The van der Waals surface area contributed by atoms with Gasteiger partial charge in [0, 0.05) is 5.56 Å². The summed E-state index contributed by atoms with van der Waals surface area (Å²) in [5.41, 5.74) is 0.505. The summed E-state index contributed by atoms with van der Waals surface area (Å²) in [5.74, 6) is 0. The van der Waals surface area contributed by atoms with Crippen LogP contribution in [-0.2, 0) is 4.08 Å². The predicted molar refractivity (Wildman–Crippen MR) is 90.7 cm³/mol. The SMILES string of the molecule is CCCCC(S)(S)c1c(Cl)c(Cl)c(Cl)c(Cl)c1Cl. The third kappa shape index (κ3) is 3.52. The number of rotatable bonds is 4. The van der Waals surface area contributed by atoms with Gasteiger partial charge >= 0.3 is 0 Å². The predicted octanol–water partition coefficient (Wildman–Crippen LogP) is 7.16. The van der Waals surface area contributed by atoms with Gasteiger partial charge in [0.15, 0.2) is 0 Å². The first-order chi connectivity index (χ1) is 8.24. The van der Waals surface area contributed by atoms with Crippen molar-refractivity contribution in [3.8, 4) is 0 Å². The maximum absolute atomic E-state index is 6.18. The first-order valence-electron chi connectivity index (χ1n) is 5.20. The summed E-state index contributed by atoms with van der Waals surface area (Å²) >= 11 is 39.4. The number of unbranched alkanes of at least 4 members (excludes halogenated alkanes) is 1. The number of thiol groups is 2. The smallest absolute Gasteiger partial charge is 0.0832 e. The second-order valence-electron chi connectivity index (χ2n) is 3.87. The lowest BCUT2D eigenvalue weighted by molar-refractivity contribution is 0.682. The van der Waals surface area contributed by atoms with Crippen molar-refractivity contribution >= 4 is 83.3 Å². The van der Waals surface area contributed by atoms with Gasteiger partial charge in [0.2, 0.25) is 0 Å². The molecule has 18 heavy (non-hydrogen) atoms. The molecule has 0 bridgehead atoms. The molecule has 102 valence electrons. The summed E-state index contributed by atoms with van der Waals surface area (Å²) in [4.78, 5) is 0. The van der Waals surface area contributed by atoms with Gasteiger partial charge in [-0.2, -0.15) is 25.3 Å². The highest BCUT2D eigenvalue weighted by Gasteiger charge is 2.32. The minimum atomic E-state index is -0.804. The molecule has 0 amide bonds. The first kappa shape index (κ1) is 17.4. The molecule has 1 aromatic rings. The fourth-order valence-electron chi connectivity index (χ4n) is 1.50. The van der Waals surface area contributed by atoms with Crippen LogP contribution in [0.3, 0.4) is 0 Å². The van der Waals surface area contributed by atoms with E-state index >= 15 is 0 Å². The van der Waals surface area contributed by atoms with Crippen LogP contribution in [0.4, 0.5) is 0 Å². The van der Waals surface area contributed by atoms with E-state index in [0.717, 1.165) is 12.8 Å². The lowest BCUT2D eigenvalue weighted by Gasteiger charge is -2.26. The third-order valence-electron chi connectivity index (χ3n) is 2.49. The molecular formula is C11H11Cl5S2. The van der Waals surface area contributed by atoms with Crippen molar-refractivity contribution in [3.63, 3.8) is 0 Å². The fourth-order valence-corrected chi connectivity index (χ4v) is 3.99. The highest BCUT2D eigenvalue weighted by atomic mass is 35.5. The minimum absolute atomic E-state index is 0.144. The Morgan fingerprint density at radius 1 is 0.833 bits per heavy atom. The van der Waals surface area contributed by atoms with Crippen molar-refractivity contribution in [2.75, 3.05) is 0 Å². The van der Waals surface area contributed by atoms with Crippen LogP contribution in [0.2, 0.25) is 25.1 Å². The van der Waals surface area contributed by atoms with Gasteiger partial charge in [-0.15, -0.1) is 0 Å². The van der Waals surface area contributed by atoms with Crippen LogP contribution in [0.5, 0.6) is 0 Å². The van der Waals surface area contributed by atoms with Crippen LogP contribution in [0.1, 0.15) is 31.7 Å². The van der Waals surface area contributed by atoms with Crippen LogP contribution in [-0.4, -0.2) is 0 Å². The maximum atomic E-state index is 6.18. The molecule has 0 N–H and O–H groups in total. The topological polar surface area (TPSA) is 0 Å². The summed E-state index contributed by atoms with van der Waals surface area (Å²) in [6.45, 7) is 2.07. The van der Waals surface area contributed by atoms with Crippen LogP contribution < -0.4 is 0 Å². The Morgan fingerprint density at radius 3 is 1.61 bits per heavy atom. The Labute approximate surface area is 143 Å². The Balaban J connectivity index is 3.41. The van der Waals surface area contributed by atoms with E-state index in [1.54, 1.807) is 0 Å². The Bertz CT molecular complexity index is 430. The number of halogens is 5.